The predicted octanol–water partition coefficient (Wildman–Crippen LogP) is 3.69. The molecule has 0 aliphatic carbocycles. The Balaban J connectivity index is 2.46. The molecular weight excluding hydrogens is 274 g/mol. The van der Waals surface area contributed by atoms with Gasteiger partial charge in [-0.1, -0.05) is 13.8 Å². The zero-order valence-electron chi connectivity index (χ0n) is 9.42. The summed E-state index contributed by atoms with van der Waals surface area (Å²) in [6.07, 6.45) is 1.72. The molecule has 1 unspecified atom stereocenters. The Morgan fingerprint density at radius 2 is 2.20 bits per heavy atom. The van der Waals surface area contributed by atoms with Gasteiger partial charge in [0.2, 0.25) is 0 Å². The number of hydrogen-bond donors (Lipinski definition) is 1. The van der Waals surface area contributed by atoms with Gasteiger partial charge in [-0.15, -0.1) is 0 Å². The van der Waals surface area contributed by atoms with Crippen LogP contribution in [-0.2, 0) is 0 Å². The standard InChI is InChI=1S/C11H18BrNOS/c1-8(2)6-15-7-10(13-3)11-9(12)4-5-14-11/h4-5,8,10,13H,6-7H2,1-3H3. The summed E-state index contributed by atoms with van der Waals surface area (Å²) in [6.45, 7) is 4.48. The highest BCUT2D eigenvalue weighted by Gasteiger charge is 2.15. The molecule has 0 fully saturated rings. The lowest BCUT2D eigenvalue weighted by Crippen LogP contribution is -2.19. The molecule has 1 aromatic rings. The molecule has 0 saturated heterocycles. The second-order valence-corrected chi connectivity index (χ2v) is 5.83. The Hall–Kier alpha value is 0.0700. The first-order valence-corrected chi connectivity index (χ1v) is 7.07. The van der Waals surface area contributed by atoms with E-state index in [4.69, 9.17) is 4.42 Å². The van der Waals surface area contributed by atoms with E-state index in [1.165, 1.54) is 5.75 Å². The predicted molar refractivity (Wildman–Crippen MR) is 70.4 cm³/mol. The van der Waals surface area contributed by atoms with Gasteiger partial charge in [0.25, 0.3) is 0 Å². The van der Waals surface area contributed by atoms with Crippen molar-refractivity contribution >= 4 is 27.7 Å². The first-order valence-electron chi connectivity index (χ1n) is 5.13. The van der Waals surface area contributed by atoms with Crippen molar-refractivity contribution in [2.75, 3.05) is 18.6 Å². The highest BCUT2D eigenvalue weighted by atomic mass is 79.9. The van der Waals surface area contributed by atoms with E-state index in [2.05, 4.69) is 35.1 Å². The Kier molecular flexibility index (Phi) is 5.79. The SMILES string of the molecule is CNC(CSCC(C)C)c1occc1Br. The highest BCUT2D eigenvalue weighted by Crippen LogP contribution is 2.27. The number of nitrogens with one attached hydrogen (secondary N) is 1. The number of furan rings is 1. The molecule has 1 rings (SSSR count). The van der Waals surface area contributed by atoms with E-state index in [0.717, 1.165) is 21.9 Å². The molecule has 86 valence electrons. The summed E-state index contributed by atoms with van der Waals surface area (Å²) >= 11 is 5.44. The first-order chi connectivity index (χ1) is 7.15. The maximum Gasteiger partial charge on any atom is 0.135 e. The summed E-state index contributed by atoms with van der Waals surface area (Å²) in [5, 5.41) is 3.27. The summed E-state index contributed by atoms with van der Waals surface area (Å²) in [4.78, 5) is 0. The molecule has 4 heteroatoms. The smallest absolute Gasteiger partial charge is 0.135 e. The summed E-state index contributed by atoms with van der Waals surface area (Å²) in [5.74, 6) is 3.97. The first kappa shape index (κ1) is 13.1. The average molecular weight is 292 g/mol. The second kappa shape index (κ2) is 6.61. The molecule has 0 spiro atoms. The zero-order chi connectivity index (χ0) is 11.3. The van der Waals surface area contributed by atoms with Crippen LogP contribution >= 0.6 is 27.7 Å². The number of rotatable bonds is 6. The monoisotopic (exact) mass is 291 g/mol. The Morgan fingerprint density at radius 3 is 2.67 bits per heavy atom. The molecule has 0 aliphatic rings. The van der Waals surface area contributed by atoms with E-state index < -0.39 is 0 Å². The minimum absolute atomic E-state index is 0.290. The lowest BCUT2D eigenvalue weighted by Gasteiger charge is -2.14. The van der Waals surface area contributed by atoms with E-state index in [1.807, 2.05) is 24.9 Å². The summed E-state index contributed by atoms with van der Waals surface area (Å²) in [5.41, 5.74) is 0. The Morgan fingerprint density at radius 1 is 1.47 bits per heavy atom. The zero-order valence-corrected chi connectivity index (χ0v) is 11.8. The van der Waals surface area contributed by atoms with Crippen molar-refractivity contribution in [2.45, 2.75) is 19.9 Å². The number of thioether (sulfide) groups is 1. The topological polar surface area (TPSA) is 25.2 Å². The normalized spacial score (nSPS) is 13.4. The third-order valence-electron chi connectivity index (χ3n) is 2.05. The molecule has 0 aromatic carbocycles. The van der Waals surface area contributed by atoms with Crippen LogP contribution in [0.3, 0.4) is 0 Å². The largest absolute Gasteiger partial charge is 0.466 e. The fourth-order valence-electron chi connectivity index (χ4n) is 1.27. The van der Waals surface area contributed by atoms with Crippen LogP contribution in [0.1, 0.15) is 25.6 Å². The van der Waals surface area contributed by atoms with Crippen molar-refractivity contribution in [1.82, 2.24) is 5.32 Å². The van der Waals surface area contributed by atoms with Crippen LogP contribution in [0.2, 0.25) is 0 Å². The second-order valence-electron chi connectivity index (χ2n) is 3.91. The Bertz CT molecular complexity index is 288. The average Bonchev–Trinajstić information content (AvgIpc) is 2.59. The molecule has 0 bridgehead atoms. The number of hydrogen-bond acceptors (Lipinski definition) is 3. The van der Waals surface area contributed by atoms with Gasteiger partial charge >= 0.3 is 0 Å². The fourth-order valence-corrected chi connectivity index (χ4v) is 2.90. The molecular formula is C11H18BrNOS. The summed E-state index contributed by atoms with van der Waals surface area (Å²) in [6, 6.07) is 2.23. The molecule has 0 saturated carbocycles. The van der Waals surface area contributed by atoms with Crippen molar-refractivity contribution in [3.05, 3.63) is 22.6 Å². The summed E-state index contributed by atoms with van der Waals surface area (Å²) in [7, 11) is 1.97. The van der Waals surface area contributed by atoms with Gasteiger partial charge in [0.15, 0.2) is 0 Å². The van der Waals surface area contributed by atoms with E-state index in [0.29, 0.717) is 0 Å². The van der Waals surface area contributed by atoms with Crippen molar-refractivity contribution < 1.29 is 4.42 Å². The van der Waals surface area contributed by atoms with Crippen LogP contribution in [0.15, 0.2) is 21.2 Å². The van der Waals surface area contributed by atoms with Crippen molar-refractivity contribution in [3.63, 3.8) is 0 Å². The molecule has 15 heavy (non-hydrogen) atoms. The molecule has 1 N–H and O–H groups in total. The highest BCUT2D eigenvalue weighted by molar-refractivity contribution is 9.10. The van der Waals surface area contributed by atoms with Crippen molar-refractivity contribution in [1.29, 1.82) is 0 Å². The quantitative estimate of drug-likeness (QED) is 0.865. The van der Waals surface area contributed by atoms with Crippen LogP contribution in [0.5, 0.6) is 0 Å². The molecule has 2 nitrogen and oxygen atoms in total. The van der Waals surface area contributed by atoms with Gasteiger partial charge in [-0.05, 0) is 40.7 Å². The van der Waals surface area contributed by atoms with Gasteiger partial charge in [-0.25, -0.2) is 0 Å². The Labute approximate surface area is 104 Å². The molecule has 0 amide bonds. The van der Waals surface area contributed by atoms with Gasteiger partial charge in [-0.3, -0.25) is 0 Å². The summed E-state index contributed by atoms with van der Waals surface area (Å²) < 4.78 is 6.50. The van der Waals surface area contributed by atoms with Crippen LogP contribution < -0.4 is 5.32 Å². The lowest BCUT2D eigenvalue weighted by molar-refractivity contribution is 0.450. The van der Waals surface area contributed by atoms with Crippen LogP contribution in [-0.4, -0.2) is 18.6 Å². The van der Waals surface area contributed by atoms with E-state index >= 15 is 0 Å². The minimum atomic E-state index is 0.290. The maximum atomic E-state index is 5.45. The maximum absolute atomic E-state index is 5.45. The third kappa shape index (κ3) is 4.21. The molecule has 1 aromatic heterocycles. The van der Waals surface area contributed by atoms with Crippen LogP contribution in [0, 0.1) is 5.92 Å². The molecule has 0 radical (unpaired) electrons. The van der Waals surface area contributed by atoms with Gasteiger partial charge in [0, 0.05) is 5.75 Å². The third-order valence-corrected chi connectivity index (χ3v) is 4.17. The van der Waals surface area contributed by atoms with Gasteiger partial charge in [0.1, 0.15) is 5.76 Å². The van der Waals surface area contributed by atoms with E-state index in [1.54, 1.807) is 6.26 Å². The van der Waals surface area contributed by atoms with Gasteiger partial charge in [0.05, 0.1) is 16.8 Å². The lowest BCUT2D eigenvalue weighted by atomic mass is 10.2. The molecule has 1 atom stereocenters. The fraction of sp³-hybridized carbons (Fsp3) is 0.636. The van der Waals surface area contributed by atoms with Crippen LogP contribution in [0.4, 0.5) is 0 Å². The molecule has 0 aliphatic heterocycles. The van der Waals surface area contributed by atoms with Gasteiger partial charge < -0.3 is 9.73 Å². The minimum Gasteiger partial charge on any atom is -0.466 e. The van der Waals surface area contributed by atoms with E-state index in [9.17, 15) is 0 Å². The molecule has 1 heterocycles. The van der Waals surface area contributed by atoms with Crippen molar-refractivity contribution in [3.8, 4) is 0 Å². The van der Waals surface area contributed by atoms with E-state index in [-0.39, 0.29) is 6.04 Å². The number of halogens is 1. The van der Waals surface area contributed by atoms with Gasteiger partial charge in [-0.2, -0.15) is 11.8 Å². The van der Waals surface area contributed by atoms with Crippen molar-refractivity contribution in [2.24, 2.45) is 5.92 Å². The van der Waals surface area contributed by atoms with Crippen LogP contribution in [0.25, 0.3) is 0 Å².